The molecule has 0 aromatic heterocycles. The van der Waals surface area contributed by atoms with Gasteiger partial charge >= 0.3 is 12.1 Å². The fourth-order valence-corrected chi connectivity index (χ4v) is 2.16. The predicted octanol–water partition coefficient (Wildman–Crippen LogP) is 3.48. The summed E-state index contributed by atoms with van der Waals surface area (Å²) in [4.78, 5) is 11.0. The van der Waals surface area contributed by atoms with E-state index in [4.69, 9.17) is 16.7 Å². The molecule has 0 aliphatic heterocycles. The standard InChI is InChI=1S/C11H8ClF3O2/c12-8-5-6(11(13,14)15)1-2-7(8)10(3-4-10)9(16)17/h1-2,5H,3-4H2,(H,16,17). The molecule has 0 saturated heterocycles. The van der Waals surface area contributed by atoms with Crippen molar-refractivity contribution in [2.24, 2.45) is 0 Å². The van der Waals surface area contributed by atoms with Crippen LogP contribution in [-0.2, 0) is 16.4 Å². The molecule has 1 saturated carbocycles. The van der Waals surface area contributed by atoms with E-state index in [-0.39, 0.29) is 10.6 Å². The summed E-state index contributed by atoms with van der Waals surface area (Å²) in [5.74, 6) is -1.04. The first-order valence-corrected chi connectivity index (χ1v) is 5.26. The van der Waals surface area contributed by atoms with Crippen LogP contribution in [0.25, 0.3) is 0 Å². The molecule has 1 aromatic carbocycles. The highest BCUT2D eigenvalue weighted by molar-refractivity contribution is 6.32. The smallest absolute Gasteiger partial charge is 0.416 e. The number of aliphatic carboxylic acids is 1. The summed E-state index contributed by atoms with van der Waals surface area (Å²) in [7, 11) is 0. The minimum absolute atomic E-state index is 0.139. The average molecular weight is 265 g/mol. The van der Waals surface area contributed by atoms with Crippen LogP contribution < -0.4 is 0 Å². The first-order chi connectivity index (χ1) is 7.77. The van der Waals surface area contributed by atoms with Crippen molar-refractivity contribution in [3.63, 3.8) is 0 Å². The van der Waals surface area contributed by atoms with Gasteiger partial charge in [-0.2, -0.15) is 13.2 Å². The van der Waals surface area contributed by atoms with Gasteiger partial charge in [-0.25, -0.2) is 0 Å². The van der Waals surface area contributed by atoms with E-state index in [0.717, 1.165) is 18.2 Å². The second-order valence-corrected chi connectivity index (χ2v) is 4.49. The Morgan fingerprint density at radius 2 is 1.94 bits per heavy atom. The molecular weight excluding hydrogens is 257 g/mol. The number of carboxylic acids is 1. The highest BCUT2D eigenvalue weighted by Gasteiger charge is 2.53. The quantitative estimate of drug-likeness (QED) is 0.888. The van der Waals surface area contributed by atoms with Crippen LogP contribution in [0.3, 0.4) is 0 Å². The van der Waals surface area contributed by atoms with Crippen molar-refractivity contribution < 1.29 is 23.1 Å². The van der Waals surface area contributed by atoms with Gasteiger partial charge in [-0.3, -0.25) is 4.79 Å². The molecule has 0 spiro atoms. The Bertz CT molecular complexity index is 478. The number of hydrogen-bond donors (Lipinski definition) is 1. The van der Waals surface area contributed by atoms with Crippen LogP contribution >= 0.6 is 11.6 Å². The highest BCUT2D eigenvalue weighted by Crippen LogP contribution is 2.51. The molecule has 0 radical (unpaired) electrons. The molecule has 0 bridgehead atoms. The van der Waals surface area contributed by atoms with Gasteiger partial charge in [0.1, 0.15) is 0 Å². The Morgan fingerprint density at radius 3 is 2.29 bits per heavy atom. The molecule has 1 fully saturated rings. The third-order valence-electron chi connectivity index (χ3n) is 2.97. The summed E-state index contributed by atoms with van der Waals surface area (Å²) in [6.07, 6.45) is -3.65. The maximum Gasteiger partial charge on any atom is 0.416 e. The molecule has 1 aromatic rings. The highest BCUT2D eigenvalue weighted by atomic mass is 35.5. The molecule has 92 valence electrons. The van der Waals surface area contributed by atoms with E-state index in [9.17, 15) is 18.0 Å². The van der Waals surface area contributed by atoms with Crippen molar-refractivity contribution in [3.05, 3.63) is 34.3 Å². The van der Waals surface area contributed by atoms with E-state index in [0.29, 0.717) is 12.8 Å². The Kier molecular flexibility index (Phi) is 2.61. The van der Waals surface area contributed by atoms with Gasteiger partial charge in [0.05, 0.1) is 11.0 Å². The van der Waals surface area contributed by atoms with Gasteiger partial charge in [0.2, 0.25) is 0 Å². The lowest BCUT2D eigenvalue weighted by Crippen LogP contribution is -2.20. The van der Waals surface area contributed by atoms with Crippen LogP contribution in [0, 0.1) is 0 Å². The van der Waals surface area contributed by atoms with E-state index >= 15 is 0 Å². The van der Waals surface area contributed by atoms with Gasteiger partial charge in [-0.15, -0.1) is 0 Å². The minimum Gasteiger partial charge on any atom is -0.481 e. The molecule has 1 N–H and O–H groups in total. The molecule has 6 heteroatoms. The van der Waals surface area contributed by atoms with E-state index in [2.05, 4.69) is 0 Å². The molecule has 2 rings (SSSR count). The maximum absolute atomic E-state index is 12.4. The Morgan fingerprint density at radius 1 is 1.35 bits per heavy atom. The molecule has 0 unspecified atom stereocenters. The van der Waals surface area contributed by atoms with Crippen LogP contribution in [-0.4, -0.2) is 11.1 Å². The van der Waals surface area contributed by atoms with Crippen LogP contribution in [0.2, 0.25) is 5.02 Å². The predicted molar refractivity (Wildman–Crippen MR) is 55.0 cm³/mol. The Hall–Kier alpha value is -1.23. The van der Waals surface area contributed by atoms with E-state index < -0.39 is 23.1 Å². The van der Waals surface area contributed by atoms with Crippen LogP contribution in [0.4, 0.5) is 13.2 Å². The van der Waals surface area contributed by atoms with Crippen LogP contribution in [0.5, 0.6) is 0 Å². The Labute approximate surface area is 100 Å². The maximum atomic E-state index is 12.4. The fraction of sp³-hybridized carbons (Fsp3) is 0.364. The van der Waals surface area contributed by atoms with E-state index in [1.165, 1.54) is 0 Å². The zero-order chi connectivity index (χ0) is 12.8. The van der Waals surface area contributed by atoms with Crippen LogP contribution in [0.1, 0.15) is 24.0 Å². The van der Waals surface area contributed by atoms with E-state index in [1.807, 2.05) is 0 Å². The number of carboxylic acid groups (broad SMARTS) is 1. The zero-order valence-electron chi connectivity index (χ0n) is 8.51. The van der Waals surface area contributed by atoms with Gasteiger partial charge in [0.25, 0.3) is 0 Å². The van der Waals surface area contributed by atoms with Crippen molar-refractivity contribution in [1.29, 1.82) is 0 Å². The van der Waals surface area contributed by atoms with E-state index in [1.54, 1.807) is 0 Å². The van der Waals surface area contributed by atoms with Crippen molar-refractivity contribution >= 4 is 17.6 Å². The normalized spacial score (nSPS) is 17.9. The molecule has 17 heavy (non-hydrogen) atoms. The van der Waals surface area contributed by atoms with Gasteiger partial charge in [-0.1, -0.05) is 17.7 Å². The molecule has 0 amide bonds. The second-order valence-electron chi connectivity index (χ2n) is 4.08. The van der Waals surface area contributed by atoms with Gasteiger partial charge in [-0.05, 0) is 30.5 Å². The molecule has 2 nitrogen and oxygen atoms in total. The third kappa shape index (κ3) is 1.99. The average Bonchev–Trinajstić information content (AvgIpc) is 2.96. The SMILES string of the molecule is O=C(O)C1(c2ccc(C(F)(F)F)cc2Cl)CC1. The van der Waals surface area contributed by atoms with Crippen LogP contribution in [0.15, 0.2) is 18.2 Å². The zero-order valence-corrected chi connectivity index (χ0v) is 9.27. The number of hydrogen-bond acceptors (Lipinski definition) is 1. The number of rotatable bonds is 2. The molecule has 1 aliphatic rings. The summed E-state index contributed by atoms with van der Waals surface area (Å²) in [6.45, 7) is 0. The molecule has 1 aliphatic carbocycles. The molecule has 0 heterocycles. The van der Waals surface area contributed by atoms with Crippen molar-refractivity contribution in [2.45, 2.75) is 24.4 Å². The lowest BCUT2D eigenvalue weighted by atomic mass is 9.95. The third-order valence-corrected chi connectivity index (χ3v) is 3.28. The van der Waals surface area contributed by atoms with Crippen molar-refractivity contribution in [1.82, 2.24) is 0 Å². The summed E-state index contributed by atoms with van der Waals surface area (Å²) in [6, 6.07) is 2.80. The van der Waals surface area contributed by atoms with Crippen molar-refractivity contribution in [3.8, 4) is 0 Å². The largest absolute Gasteiger partial charge is 0.481 e. The first kappa shape index (κ1) is 12.2. The monoisotopic (exact) mass is 264 g/mol. The van der Waals surface area contributed by atoms with Gasteiger partial charge in [0, 0.05) is 5.02 Å². The Balaban J connectivity index is 2.43. The summed E-state index contributed by atoms with van der Waals surface area (Å²) in [5.41, 5.74) is -1.69. The topological polar surface area (TPSA) is 37.3 Å². The number of halogens is 4. The first-order valence-electron chi connectivity index (χ1n) is 4.88. The van der Waals surface area contributed by atoms with Crippen molar-refractivity contribution in [2.75, 3.05) is 0 Å². The number of carbonyl (C=O) groups is 1. The lowest BCUT2D eigenvalue weighted by Gasteiger charge is -2.14. The number of alkyl halides is 3. The minimum atomic E-state index is -4.47. The summed E-state index contributed by atoms with van der Waals surface area (Å²) >= 11 is 5.74. The van der Waals surface area contributed by atoms with Gasteiger partial charge < -0.3 is 5.11 Å². The lowest BCUT2D eigenvalue weighted by molar-refractivity contribution is -0.140. The second kappa shape index (κ2) is 3.63. The molecule has 0 atom stereocenters. The molecular formula is C11H8ClF3O2. The number of benzene rings is 1. The van der Waals surface area contributed by atoms with Gasteiger partial charge in [0.15, 0.2) is 0 Å². The summed E-state index contributed by atoms with van der Waals surface area (Å²) in [5, 5.41) is 8.89. The summed E-state index contributed by atoms with van der Waals surface area (Å²) < 4.78 is 37.2. The fourth-order valence-electron chi connectivity index (χ4n) is 1.80.